The topological polar surface area (TPSA) is 243 Å². The smallest absolute Gasteiger partial charge is 0.407 e. The maximum absolute atomic E-state index is 13.5. The minimum Gasteiger partial charge on any atom is -0.461 e. The van der Waals surface area contributed by atoms with Gasteiger partial charge in [-0.15, -0.1) is 11.8 Å². The Balaban J connectivity index is 1.23. The molecule has 1 aromatic heterocycles. The molecule has 2 heterocycles. The number of imidazole rings is 1. The van der Waals surface area contributed by atoms with Crippen molar-refractivity contribution >= 4 is 50.0 Å². The number of alkyl carbamates (subject to hydrolysis) is 2. The van der Waals surface area contributed by atoms with Crippen molar-refractivity contribution in [1.82, 2.24) is 25.9 Å². The SMILES string of the molecule is C=CCOC(=O)N[C@@H]1[C@@H](O[Si](C)(C)C(C)(C)C)[C@@H](O)[C@@H](COC(=O)CNC(=O)[C@H](Cc2cnc[nH]2)NC(=O)OCC2c3ccccc3-c3ccccc32)O[C@@H]1SCCCC(N)=O. The molecule has 5 rings (SSSR count). The van der Waals surface area contributed by atoms with Crippen molar-refractivity contribution in [3.8, 4) is 11.1 Å². The molecule has 0 bridgehead atoms. The van der Waals surface area contributed by atoms with E-state index in [2.05, 4.69) is 32.5 Å². The first-order valence-corrected chi connectivity index (χ1v) is 24.4. The van der Waals surface area contributed by atoms with Gasteiger partial charge < -0.3 is 55.1 Å². The van der Waals surface area contributed by atoms with Crippen LogP contribution in [-0.2, 0) is 44.2 Å². The summed E-state index contributed by atoms with van der Waals surface area (Å²) in [6, 6.07) is 13.8. The molecule has 2 aromatic carbocycles. The van der Waals surface area contributed by atoms with Crippen molar-refractivity contribution in [2.24, 2.45) is 5.73 Å². The number of aliphatic hydroxyl groups excluding tert-OH is 1. The summed E-state index contributed by atoms with van der Waals surface area (Å²) in [4.78, 5) is 71.1. The lowest BCUT2D eigenvalue weighted by molar-refractivity contribution is -0.179. The minimum atomic E-state index is -2.62. The summed E-state index contributed by atoms with van der Waals surface area (Å²) in [5, 5.41) is 19.4. The van der Waals surface area contributed by atoms with E-state index in [0.29, 0.717) is 17.9 Å². The van der Waals surface area contributed by atoms with Crippen LogP contribution in [0.15, 0.2) is 73.7 Å². The molecule has 6 atom stereocenters. The van der Waals surface area contributed by atoms with Gasteiger partial charge in [0, 0.05) is 30.7 Å². The van der Waals surface area contributed by atoms with Gasteiger partial charge in [-0.2, -0.15) is 0 Å². The molecule has 336 valence electrons. The molecule has 1 aliphatic carbocycles. The summed E-state index contributed by atoms with van der Waals surface area (Å²) in [6.07, 6.45) is -0.214. The van der Waals surface area contributed by atoms with Crippen LogP contribution in [0.25, 0.3) is 11.1 Å². The Morgan fingerprint density at radius 1 is 1.02 bits per heavy atom. The van der Waals surface area contributed by atoms with Crippen LogP contribution in [0.2, 0.25) is 18.1 Å². The number of aliphatic hydroxyl groups is 1. The standard InChI is InChI=1S/C43H58N6O11SSi/c1-7-18-56-42(55)49-36-38(60-62(5,6)43(2,3)4)37(52)33(59-40(36)61-19-12-17-34(44)50)24-57-35(51)22-46-39(53)32(20-26-21-45-25-47-26)48-41(54)58-23-31-29-15-10-8-13-27(29)28-14-9-11-16-30(28)31/h7-11,13-16,21,25,31-33,36-38,40,52H,1,12,17-20,22-24H2,2-6H3,(H2,44,50)(H,45,47)(H,46,53)(H,48,54)(H,49,55)/t32-,33+,36+,37-,38+,40+/m0/s1. The normalized spacial score (nSPS) is 20.2. The van der Waals surface area contributed by atoms with Gasteiger partial charge in [-0.3, -0.25) is 14.4 Å². The number of fused-ring (bicyclic) bond motifs is 3. The molecule has 62 heavy (non-hydrogen) atoms. The van der Waals surface area contributed by atoms with E-state index in [1.54, 1.807) is 0 Å². The van der Waals surface area contributed by atoms with E-state index >= 15 is 0 Å². The molecule has 3 aromatic rings. The number of aromatic amines is 1. The average molecular weight is 895 g/mol. The second-order valence-electron chi connectivity index (χ2n) is 16.6. The third-order valence-corrected chi connectivity index (χ3v) is 16.9. The van der Waals surface area contributed by atoms with Crippen LogP contribution in [-0.4, -0.2) is 121 Å². The maximum atomic E-state index is 13.5. The number of H-pyrrole nitrogens is 1. The van der Waals surface area contributed by atoms with E-state index in [1.807, 2.05) is 82.4 Å². The molecule has 1 saturated heterocycles. The van der Waals surface area contributed by atoms with Gasteiger partial charge in [0.25, 0.3) is 0 Å². The Morgan fingerprint density at radius 2 is 1.69 bits per heavy atom. The monoisotopic (exact) mass is 894 g/mol. The lowest BCUT2D eigenvalue weighted by Gasteiger charge is -2.49. The molecule has 0 saturated carbocycles. The summed E-state index contributed by atoms with van der Waals surface area (Å²) in [5.41, 5.74) is 9.27. The number of benzene rings is 2. The van der Waals surface area contributed by atoms with Gasteiger partial charge in [-0.05, 0) is 52.6 Å². The second-order valence-corrected chi connectivity index (χ2v) is 22.5. The number of rotatable bonds is 20. The van der Waals surface area contributed by atoms with E-state index < -0.39 is 87.3 Å². The zero-order valence-corrected chi connectivity index (χ0v) is 37.5. The van der Waals surface area contributed by atoms with Crippen molar-refractivity contribution < 1.29 is 52.5 Å². The number of amides is 4. The Morgan fingerprint density at radius 3 is 2.31 bits per heavy atom. The average Bonchev–Trinajstić information content (AvgIpc) is 3.86. The third-order valence-electron chi connectivity index (χ3n) is 11.1. The second kappa shape index (κ2) is 21.7. The number of hydrogen-bond acceptors (Lipinski definition) is 13. The zero-order valence-electron chi connectivity index (χ0n) is 35.7. The first kappa shape index (κ1) is 47.8. The molecule has 4 amide bonds. The molecule has 0 radical (unpaired) electrons. The molecule has 1 fully saturated rings. The predicted octanol–water partition coefficient (Wildman–Crippen LogP) is 4.27. The van der Waals surface area contributed by atoms with Gasteiger partial charge in [0.2, 0.25) is 11.8 Å². The highest BCUT2D eigenvalue weighted by Crippen LogP contribution is 2.45. The van der Waals surface area contributed by atoms with Gasteiger partial charge in [0.1, 0.15) is 50.1 Å². The van der Waals surface area contributed by atoms with E-state index in [4.69, 9.17) is 29.1 Å². The third kappa shape index (κ3) is 12.7. The summed E-state index contributed by atoms with van der Waals surface area (Å²) in [7, 11) is -2.62. The molecular weight excluding hydrogens is 837 g/mol. The fourth-order valence-corrected chi connectivity index (χ4v) is 9.40. The summed E-state index contributed by atoms with van der Waals surface area (Å²) < 4.78 is 29.4. The molecule has 0 unspecified atom stereocenters. The quantitative estimate of drug-likeness (QED) is 0.0306. The number of aromatic nitrogens is 2. The number of hydrogen-bond donors (Lipinski definition) is 6. The number of carbonyl (C=O) groups is 5. The molecule has 19 heteroatoms. The van der Waals surface area contributed by atoms with Crippen molar-refractivity contribution in [1.29, 1.82) is 0 Å². The van der Waals surface area contributed by atoms with E-state index in [-0.39, 0.29) is 37.0 Å². The van der Waals surface area contributed by atoms with E-state index in [9.17, 15) is 29.1 Å². The van der Waals surface area contributed by atoms with Gasteiger partial charge in [-0.1, -0.05) is 82.0 Å². The number of nitrogens with two attached hydrogens (primary N) is 1. The van der Waals surface area contributed by atoms with Crippen molar-refractivity contribution in [2.45, 2.75) is 99.9 Å². The number of esters is 1. The maximum Gasteiger partial charge on any atom is 0.407 e. The van der Waals surface area contributed by atoms with Crippen LogP contribution in [0, 0.1) is 0 Å². The highest BCUT2D eigenvalue weighted by atomic mass is 32.2. The fourth-order valence-electron chi connectivity index (χ4n) is 6.88. The zero-order chi connectivity index (χ0) is 45.0. The van der Waals surface area contributed by atoms with Crippen LogP contribution >= 0.6 is 11.8 Å². The van der Waals surface area contributed by atoms with Crippen LogP contribution < -0.4 is 21.7 Å². The lowest BCUT2D eigenvalue weighted by Crippen LogP contribution is -2.66. The number of primary amides is 1. The molecule has 7 N–H and O–H groups in total. The van der Waals surface area contributed by atoms with Crippen LogP contribution in [0.4, 0.5) is 9.59 Å². The van der Waals surface area contributed by atoms with Gasteiger partial charge in [0.15, 0.2) is 8.32 Å². The van der Waals surface area contributed by atoms with Gasteiger partial charge in [0.05, 0.1) is 18.5 Å². The van der Waals surface area contributed by atoms with Crippen LogP contribution in [0.1, 0.15) is 56.4 Å². The van der Waals surface area contributed by atoms with Crippen molar-refractivity contribution in [3.63, 3.8) is 0 Å². The Bertz CT molecular complexity index is 1980. The summed E-state index contributed by atoms with van der Waals surface area (Å²) >= 11 is 1.27. The number of ether oxygens (including phenoxy) is 4. The first-order valence-electron chi connectivity index (χ1n) is 20.5. The van der Waals surface area contributed by atoms with Crippen molar-refractivity contribution in [2.75, 3.05) is 32.1 Å². The number of nitrogens with zero attached hydrogens (tertiary/aromatic N) is 1. The van der Waals surface area contributed by atoms with E-state index in [1.165, 1.54) is 30.4 Å². The van der Waals surface area contributed by atoms with Crippen LogP contribution in [0.3, 0.4) is 0 Å². The number of carbonyl (C=O) groups excluding carboxylic acids is 5. The van der Waals surface area contributed by atoms with Crippen molar-refractivity contribution in [3.05, 3.63) is 90.5 Å². The Kier molecular flexibility index (Phi) is 16.8. The van der Waals surface area contributed by atoms with Gasteiger partial charge >= 0.3 is 18.2 Å². The highest BCUT2D eigenvalue weighted by molar-refractivity contribution is 7.99. The Labute approximate surface area is 366 Å². The first-order chi connectivity index (χ1) is 29.5. The number of nitrogens with one attached hydrogen (secondary N) is 4. The number of thioether (sulfide) groups is 1. The predicted molar refractivity (Wildman–Crippen MR) is 234 cm³/mol. The molecule has 1 aliphatic heterocycles. The molecular formula is C43H58N6O11SSi. The summed E-state index contributed by atoms with van der Waals surface area (Å²) in [6.45, 7) is 12.6. The largest absolute Gasteiger partial charge is 0.461 e. The Hall–Kier alpha value is -5.21. The minimum absolute atomic E-state index is 0.0115. The fraction of sp³-hybridized carbons (Fsp3) is 0.488. The molecule has 2 aliphatic rings. The van der Waals surface area contributed by atoms with Gasteiger partial charge in [-0.25, -0.2) is 14.6 Å². The molecule has 0 spiro atoms. The summed E-state index contributed by atoms with van der Waals surface area (Å²) in [5.74, 6) is -1.80. The molecule has 17 nitrogen and oxygen atoms in total. The lowest BCUT2D eigenvalue weighted by atomic mass is 9.98. The highest BCUT2D eigenvalue weighted by Gasteiger charge is 2.51. The van der Waals surface area contributed by atoms with Crippen LogP contribution in [0.5, 0.6) is 0 Å². The van der Waals surface area contributed by atoms with E-state index in [0.717, 1.165) is 22.3 Å².